The summed E-state index contributed by atoms with van der Waals surface area (Å²) in [6.07, 6.45) is 2.02. The van der Waals surface area contributed by atoms with Crippen molar-refractivity contribution in [2.75, 3.05) is 46.0 Å². The van der Waals surface area contributed by atoms with E-state index < -0.39 is 10.2 Å². The lowest BCUT2D eigenvalue weighted by Crippen LogP contribution is -2.52. The van der Waals surface area contributed by atoms with Gasteiger partial charge in [-0.25, -0.2) is 0 Å². The molecule has 1 aromatic carbocycles. The Hall–Kier alpha value is -1.85. The van der Waals surface area contributed by atoms with Gasteiger partial charge in [-0.15, -0.1) is 0 Å². The zero-order valence-corrected chi connectivity index (χ0v) is 17.1. The molecule has 4 rings (SSSR count). The van der Waals surface area contributed by atoms with Crippen molar-refractivity contribution >= 4 is 10.2 Å². The number of aromatic nitrogens is 2. The van der Waals surface area contributed by atoms with E-state index in [4.69, 9.17) is 14.0 Å². The fourth-order valence-corrected chi connectivity index (χ4v) is 5.21. The fraction of sp³-hybridized carbons (Fsp3) is 0.579. The van der Waals surface area contributed by atoms with E-state index in [9.17, 15) is 8.42 Å². The molecule has 29 heavy (non-hydrogen) atoms. The molecule has 0 saturated carbocycles. The Morgan fingerprint density at radius 3 is 2.69 bits per heavy atom. The van der Waals surface area contributed by atoms with E-state index in [0.717, 1.165) is 18.4 Å². The molecule has 158 valence electrons. The van der Waals surface area contributed by atoms with E-state index in [1.807, 2.05) is 30.3 Å². The lowest BCUT2D eigenvalue weighted by Gasteiger charge is -2.36. The van der Waals surface area contributed by atoms with Gasteiger partial charge in [0.2, 0.25) is 0 Å². The third-order valence-corrected chi connectivity index (χ3v) is 7.13. The molecule has 0 N–H and O–H groups in total. The minimum atomic E-state index is -3.46. The highest BCUT2D eigenvalue weighted by Crippen LogP contribution is 2.20. The first-order valence-electron chi connectivity index (χ1n) is 9.95. The number of nitrogens with zero attached hydrogens (tertiary/aromatic N) is 4. The van der Waals surface area contributed by atoms with Crippen LogP contribution in [0, 0.1) is 0 Å². The van der Waals surface area contributed by atoms with Crippen LogP contribution in [-0.2, 0) is 26.1 Å². The molecule has 2 aliphatic heterocycles. The average Bonchev–Trinajstić information content (AvgIpc) is 3.24. The second-order valence-corrected chi connectivity index (χ2v) is 9.07. The summed E-state index contributed by atoms with van der Waals surface area (Å²) in [4.78, 5) is 4.40. The second kappa shape index (κ2) is 9.31. The van der Waals surface area contributed by atoms with Crippen molar-refractivity contribution in [3.8, 4) is 11.5 Å². The molecule has 1 atom stereocenters. The second-order valence-electron chi connectivity index (χ2n) is 7.14. The van der Waals surface area contributed by atoms with Crippen LogP contribution < -0.4 is 0 Å². The minimum absolute atomic E-state index is 0.125. The Kier molecular flexibility index (Phi) is 6.56. The average molecular weight is 423 g/mol. The van der Waals surface area contributed by atoms with Crippen molar-refractivity contribution in [2.45, 2.75) is 25.4 Å². The number of morpholine rings is 1. The number of ether oxygens (including phenoxy) is 2. The Labute approximate surface area is 170 Å². The predicted molar refractivity (Wildman–Crippen MR) is 105 cm³/mol. The van der Waals surface area contributed by atoms with Crippen LogP contribution in [0.25, 0.3) is 11.5 Å². The third-order valence-electron chi connectivity index (χ3n) is 5.13. The first-order valence-corrected chi connectivity index (χ1v) is 11.4. The first-order chi connectivity index (χ1) is 14.1. The summed E-state index contributed by atoms with van der Waals surface area (Å²) in [5, 5.41) is 4.00. The van der Waals surface area contributed by atoms with Crippen molar-refractivity contribution in [2.24, 2.45) is 0 Å². The van der Waals surface area contributed by atoms with Crippen molar-refractivity contribution in [1.29, 1.82) is 0 Å². The molecule has 0 amide bonds. The fourth-order valence-electron chi connectivity index (χ4n) is 3.56. The van der Waals surface area contributed by atoms with Crippen molar-refractivity contribution in [3.63, 3.8) is 0 Å². The minimum Gasteiger partial charge on any atom is -0.379 e. The molecular weight excluding hydrogens is 396 g/mol. The maximum atomic E-state index is 12.8. The van der Waals surface area contributed by atoms with Crippen LogP contribution in [-0.4, -0.2) is 79.3 Å². The van der Waals surface area contributed by atoms with Crippen LogP contribution in [0.1, 0.15) is 18.7 Å². The largest absolute Gasteiger partial charge is 0.379 e. The lowest BCUT2D eigenvalue weighted by atomic mass is 10.1. The number of hydrogen-bond donors (Lipinski definition) is 0. The molecule has 1 aromatic heterocycles. The van der Waals surface area contributed by atoms with Crippen LogP contribution in [0.5, 0.6) is 0 Å². The summed E-state index contributed by atoms with van der Waals surface area (Å²) in [5.41, 5.74) is 0.878. The molecule has 0 aliphatic carbocycles. The molecular formula is C19H26N4O5S. The molecule has 3 heterocycles. The maximum absolute atomic E-state index is 12.8. The van der Waals surface area contributed by atoms with Gasteiger partial charge in [0.15, 0.2) is 5.82 Å². The van der Waals surface area contributed by atoms with Crippen LogP contribution in [0.3, 0.4) is 0 Å². The van der Waals surface area contributed by atoms with Crippen molar-refractivity contribution in [3.05, 3.63) is 36.2 Å². The van der Waals surface area contributed by atoms with Crippen LogP contribution in [0.4, 0.5) is 0 Å². The Morgan fingerprint density at radius 1 is 1.10 bits per heavy atom. The Balaban J connectivity index is 1.27. The summed E-state index contributed by atoms with van der Waals surface area (Å²) in [7, 11) is -3.46. The van der Waals surface area contributed by atoms with E-state index in [1.165, 1.54) is 8.61 Å². The molecule has 2 saturated heterocycles. The van der Waals surface area contributed by atoms with E-state index in [0.29, 0.717) is 64.1 Å². The van der Waals surface area contributed by atoms with Crippen molar-refractivity contribution < 1.29 is 22.4 Å². The van der Waals surface area contributed by atoms with Gasteiger partial charge >= 0.3 is 0 Å². The molecule has 0 radical (unpaired) electrons. The maximum Gasteiger partial charge on any atom is 0.282 e. The lowest BCUT2D eigenvalue weighted by molar-refractivity contribution is 0.0166. The molecule has 2 fully saturated rings. The van der Waals surface area contributed by atoms with Crippen molar-refractivity contribution in [1.82, 2.24) is 18.8 Å². The van der Waals surface area contributed by atoms with E-state index >= 15 is 0 Å². The zero-order chi connectivity index (χ0) is 20.1. The smallest absolute Gasteiger partial charge is 0.282 e. The van der Waals surface area contributed by atoms with E-state index in [1.54, 1.807) is 0 Å². The van der Waals surface area contributed by atoms with Gasteiger partial charge in [0, 0.05) is 38.2 Å². The summed E-state index contributed by atoms with van der Waals surface area (Å²) in [6, 6.07) is 9.60. The Morgan fingerprint density at radius 2 is 1.90 bits per heavy atom. The van der Waals surface area contributed by atoms with Gasteiger partial charge in [0.05, 0.1) is 25.9 Å². The molecule has 2 aromatic rings. The Bertz CT molecular complexity index is 883. The first kappa shape index (κ1) is 20.4. The monoisotopic (exact) mass is 422 g/mol. The van der Waals surface area contributed by atoms with Gasteiger partial charge in [-0.05, 0) is 25.0 Å². The van der Waals surface area contributed by atoms with Crippen LogP contribution >= 0.6 is 0 Å². The van der Waals surface area contributed by atoms with Gasteiger partial charge < -0.3 is 14.0 Å². The summed E-state index contributed by atoms with van der Waals surface area (Å²) in [5.74, 6) is 1.07. The van der Waals surface area contributed by atoms with Gasteiger partial charge in [0.25, 0.3) is 16.1 Å². The van der Waals surface area contributed by atoms with E-state index in [-0.39, 0.29) is 6.10 Å². The molecule has 9 nitrogen and oxygen atoms in total. The standard InChI is InChI=1S/C19H26N4O5S/c24-29(25,22-10-13-26-14-11-22)23-9-4-7-17(15-23)27-12-8-18-20-19(28-21-18)16-5-2-1-3-6-16/h1-3,5-6,17H,4,7-15H2. The quantitative estimate of drug-likeness (QED) is 0.664. The predicted octanol–water partition coefficient (Wildman–Crippen LogP) is 1.34. The molecule has 2 aliphatic rings. The molecule has 0 spiro atoms. The zero-order valence-electron chi connectivity index (χ0n) is 16.3. The molecule has 1 unspecified atom stereocenters. The van der Waals surface area contributed by atoms with Gasteiger partial charge in [0.1, 0.15) is 0 Å². The highest BCUT2D eigenvalue weighted by molar-refractivity contribution is 7.86. The summed E-state index contributed by atoms with van der Waals surface area (Å²) in [6.45, 7) is 3.04. The van der Waals surface area contributed by atoms with Crippen LogP contribution in [0.15, 0.2) is 34.9 Å². The SMILES string of the molecule is O=S(=O)(N1CCOCC1)N1CCCC(OCCc2noc(-c3ccccc3)n2)C1. The van der Waals surface area contributed by atoms with E-state index in [2.05, 4.69) is 10.1 Å². The van der Waals surface area contributed by atoms with Crippen LogP contribution in [0.2, 0.25) is 0 Å². The van der Waals surface area contributed by atoms with Gasteiger partial charge in [-0.1, -0.05) is 23.4 Å². The summed E-state index contributed by atoms with van der Waals surface area (Å²) >= 11 is 0. The molecule has 0 bridgehead atoms. The normalized spacial score (nSPS) is 22.0. The highest BCUT2D eigenvalue weighted by atomic mass is 32.2. The summed E-state index contributed by atoms with van der Waals surface area (Å²) < 4.78 is 45.2. The number of piperidine rings is 1. The molecule has 10 heteroatoms. The number of hydrogen-bond acceptors (Lipinski definition) is 7. The number of benzene rings is 1. The third kappa shape index (κ3) is 5.01. The topological polar surface area (TPSA) is 98.0 Å². The highest BCUT2D eigenvalue weighted by Gasteiger charge is 2.34. The van der Waals surface area contributed by atoms with Gasteiger partial charge in [-0.2, -0.15) is 22.0 Å². The van der Waals surface area contributed by atoms with Gasteiger partial charge in [-0.3, -0.25) is 0 Å². The number of rotatable bonds is 7.